The number of anilines is 1. The second kappa shape index (κ2) is 8.86. The average Bonchev–Trinajstić information content (AvgIpc) is 3.03. The maximum absolute atomic E-state index is 13.1. The van der Waals surface area contributed by atoms with E-state index in [-0.39, 0.29) is 17.1 Å². The number of nitro groups is 1. The van der Waals surface area contributed by atoms with E-state index < -0.39 is 21.9 Å². The maximum atomic E-state index is 13.1. The first-order chi connectivity index (χ1) is 14.9. The van der Waals surface area contributed by atoms with E-state index in [1.807, 2.05) is 4.90 Å². The Labute approximate surface area is 181 Å². The van der Waals surface area contributed by atoms with E-state index in [9.17, 15) is 24.1 Å². The summed E-state index contributed by atoms with van der Waals surface area (Å²) in [7, 11) is 0. The number of hydrogen-bond acceptors (Lipinski definition) is 7. The summed E-state index contributed by atoms with van der Waals surface area (Å²) in [5.74, 6) is -0.891. The van der Waals surface area contributed by atoms with Gasteiger partial charge in [0.1, 0.15) is 5.82 Å². The number of imide groups is 1. The summed E-state index contributed by atoms with van der Waals surface area (Å²) < 4.78 is 18.5. The molecule has 0 spiro atoms. The molecule has 2 aliphatic rings. The standard InChI is InChI=1S/C21H18FN3O5S/c22-16-3-1-14(2-4-16)13-24-20(26)19(31-21(24)27)12-15-11-17(25(28)29)5-6-18(15)23-7-9-30-10-8-23/h1-6,11-12H,7-10,13H2/b19-12-. The second-order valence-electron chi connectivity index (χ2n) is 6.99. The van der Waals surface area contributed by atoms with Crippen molar-refractivity contribution in [3.05, 3.63) is 74.4 Å². The van der Waals surface area contributed by atoms with E-state index in [2.05, 4.69) is 0 Å². The van der Waals surface area contributed by atoms with E-state index in [4.69, 9.17) is 4.74 Å². The number of thioether (sulfide) groups is 1. The summed E-state index contributed by atoms with van der Waals surface area (Å²) in [6.45, 7) is 2.32. The summed E-state index contributed by atoms with van der Waals surface area (Å²) >= 11 is 0.780. The zero-order chi connectivity index (χ0) is 22.0. The van der Waals surface area contributed by atoms with Crippen LogP contribution in [0.15, 0.2) is 47.4 Å². The first kappa shape index (κ1) is 21.0. The highest BCUT2D eigenvalue weighted by Crippen LogP contribution is 2.36. The molecule has 0 atom stereocenters. The molecule has 2 aromatic rings. The van der Waals surface area contributed by atoms with Crippen LogP contribution in [0.3, 0.4) is 0 Å². The molecule has 2 aliphatic heterocycles. The molecular formula is C21H18FN3O5S. The molecule has 0 N–H and O–H groups in total. The maximum Gasteiger partial charge on any atom is 0.293 e. The lowest BCUT2D eigenvalue weighted by Crippen LogP contribution is -2.36. The zero-order valence-electron chi connectivity index (χ0n) is 16.3. The smallest absolute Gasteiger partial charge is 0.293 e. The van der Waals surface area contributed by atoms with Crippen molar-refractivity contribution in [3.63, 3.8) is 0 Å². The highest BCUT2D eigenvalue weighted by Gasteiger charge is 2.35. The van der Waals surface area contributed by atoms with Gasteiger partial charge in [-0.25, -0.2) is 4.39 Å². The van der Waals surface area contributed by atoms with Gasteiger partial charge in [-0.2, -0.15) is 0 Å². The van der Waals surface area contributed by atoms with E-state index in [1.165, 1.54) is 42.5 Å². The van der Waals surface area contributed by atoms with Crippen molar-refractivity contribution in [3.8, 4) is 0 Å². The minimum absolute atomic E-state index is 0.0214. The molecule has 2 amide bonds. The second-order valence-corrected chi connectivity index (χ2v) is 7.99. The van der Waals surface area contributed by atoms with Crippen LogP contribution in [-0.4, -0.2) is 47.3 Å². The normalized spacial score (nSPS) is 18.2. The van der Waals surface area contributed by atoms with Gasteiger partial charge in [-0.1, -0.05) is 12.1 Å². The monoisotopic (exact) mass is 443 g/mol. The van der Waals surface area contributed by atoms with Crippen LogP contribution in [0.25, 0.3) is 6.08 Å². The number of benzene rings is 2. The quantitative estimate of drug-likeness (QED) is 0.394. The van der Waals surface area contributed by atoms with Crippen LogP contribution in [-0.2, 0) is 16.1 Å². The van der Waals surface area contributed by atoms with Gasteiger partial charge >= 0.3 is 0 Å². The lowest BCUT2D eigenvalue weighted by atomic mass is 10.1. The molecule has 2 fully saturated rings. The van der Waals surface area contributed by atoms with Crippen LogP contribution < -0.4 is 4.90 Å². The molecule has 0 radical (unpaired) electrons. The first-order valence-corrected chi connectivity index (χ1v) is 10.3. The molecule has 2 aromatic carbocycles. The first-order valence-electron chi connectivity index (χ1n) is 9.53. The Kier molecular flexibility index (Phi) is 6.01. The van der Waals surface area contributed by atoms with Crippen molar-refractivity contribution < 1.29 is 23.6 Å². The van der Waals surface area contributed by atoms with Crippen LogP contribution in [0.2, 0.25) is 0 Å². The molecular weight excluding hydrogens is 425 g/mol. The molecule has 0 aliphatic carbocycles. The zero-order valence-corrected chi connectivity index (χ0v) is 17.1. The van der Waals surface area contributed by atoms with E-state index in [0.29, 0.717) is 37.4 Å². The molecule has 0 saturated carbocycles. The number of amides is 2. The van der Waals surface area contributed by atoms with Crippen LogP contribution >= 0.6 is 11.8 Å². The number of morpholine rings is 1. The number of halogens is 1. The third kappa shape index (κ3) is 4.59. The molecule has 0 aromatic heterocycles. The van der Waals surface area contributed by atoms with Crippen LogP contribution in [0.5, 0.6) is 0 Å². The molecule has 10 heteroatoms. The fraction of sp³-hybridized carbons (Fsp3) is 0.238. The van der Waals surface area contributed by atoms with E-state index in [0.717, 1.165) is 22.3 Å². The lowest BCUT2D eigenvalue weighted by molar-refractivity contribution is -0.384. The van der Waals surface area contributed by atoms with Gasteiger partial charge in [0, 0.05) is 36.5 Å². The van der Waals surface area contributed by atoms with Gasteiger partial charge in [0.25, 0.3) is 16.8 Å². The van der Waals surface area contributed by atoms with Gasteiger partial charge in [-0.15, -0.1) is 0 Å². The van der Waals surface area contributed by atoms with Crippen molar-refractivity contribution in [1.29, 1.82) is 0 Å². The highest BCUT2D eigenvalue weighted by molar-refractivity contribution is 8.18. The van der Waals surface area contributed by atoms with Crippen molar-refractivity contribution in [2.45, 2.75) is 6.54 Å². The van der Waals surface area contributed by atoms with E-state index in [1.54, 1.807) is 6.07 Å². The number of hydrogen-bond donors (Lipinski definition) is 0. The van der Waals surface area contributed by atoms with Gasteiger partial charge in [-0.3, -0.25) is 24.6 Å². The number of nitrogens with zero attached hydrogens (tertiary/aromatic N) is 3. The summed E-state index contributed by atoms with van der Waals surface area (Å²) in [5.41, 5.74) is 1.74. The fourth-order valence-electron chi connectivity index (χ4n) is 3.41. The predicted octanol–water partition coefficient (Wildman–Crippen LogP) is 3.81. The topological polar surface area (TPSA) is 93.0 Å². The summed E-state index contributed by atoms with van der Waals surface area (Å²) in [4.78, 5) is 39.4. The van der Waals surface area contributed by atoms with Crippen LogP contribution in [0, 0.1) is 15.9 Å². The van der Waals surface area contributed by atoms with Gasteiger partial charge in [0.2, 0.25) is 0 Å². The Morgan fingerprint density at radius 2 is 1.84 bits per heavy atom. The molecule has 8 nitrogen and oxygen atoms in total. The Bertz CT molecular complexity index is 1070. The third-order valence-electron chi connectivity index (χ3n) is 4.99. The third-order valence-corrected chi connectivity index (χ3v) is 5.90. The molecule has 2 heterocycles. The van der Waals surface area contributed by atoms with E-state index >= 15 is 0 Å². The molecule has 2 saturated heterocycles. The number of rotatable bonds is 5. The molecule has 31 heavy (non-hydrogen) atoms. The van der Waals surface area contributed by atoms with Gasteiger partial charge in [0.05, 0.1) is 29.6 Å². The Morgan fingerprint density at radius 3 is 2.52 bits per heavy atom. The number of ether oxygens (including phenoxy) is 1. The number of non-ortho nitro benzene ring substituents is 1. The van der Waals surface area contributed by atoms with Gasteiger partial charge < -0.3 is 9.64 Å². The lowest BCUT2D eigenvalue weighted by Gasteiger charge is -2.30. The summed E-state index contributed by atoms with van der Waals surface area (Å²) in [5, 5.41) is 10.8. The van der Waals surface area contributed by atoms with Crippen LogP contribution in [0.1, 0.15) is 11.1 Å². The van der Waals surface area contributed by atoms with Gasteiger partial charge in [-0.05, 0) is 41.6 Å². The molecule has 160 valence electrons. The van der Waals surface area contributed by atoms with Crippen molar-refractivity contribution in [1.82, 2.24) is 4.90 Å². The minimum atomic E-state index is -0.499. The average molecular weight is 443 g/mol. The Balaban J connectivity index is 1.64. The largest absolute Gasteiger partial charge is 0.378 e. The highest BCUT2D eigenvalue weighted by atomic mass is 32.2. The summed E-state index contributed by atoms with van der Waals surface area (Å²) in [6, 6.07) is 10.0. The fourth-order valence-corrected chi connectivity index (χ4v) is 4.24. The number of carbonyl (C=O) groups excluding carboxylic acids is 2. The van der Waals surface area contributed by atoms with Gasteiger partial charge in [0.15, 0.2) is 0 Å². The predicted molar refractivity (Wildman–Crippen MR) is 114 cm³/mol. The van der Waals surface area contributed by atoms with Crippen molar-refractivity contribution in [2.24, 2.45) is 0 Å². The van der Waals surface area contributed by atoms with Crippen molar-refractivity contribution in [2.75, 3.05) is 31.2 Å². The van der Waals surface area contributed by atoms with Crippen molar-refractivity contribution >= 4 is 40.4 Å². The Morgan fingerprint density at radius 1 is 1.13 bits per heavy atom. The number of nitro benzene ring substituents is 1. The summed E-state index contributed by atoms with van der Waals surface area (Å²) in [6.07, 6.45) is 1.52. The molecule has 0 bridgehead atoms. The minimum Gasteiger partial charge on any atom is -0.378 e. The van der Waals surface area contributed by atoms with Crippen LogP contribution in [0.4, 0.5) is 20.6 Å². The number of carbonyl (C=O) groups is 2. The molecule has 0 unspecified atom stereocenters. The Hall–Kier alpha value is -3.24. The SMILES string of the molecule is O=C1S/C(=C\c2cc([N+](=O)[O-])ccc2N2CCOCC2)C(=O)N1Cc1ccc(F)cc1. The molecule has 4 rings (SSSR count).